The van der Waals surface area contributed by atoms with Gasteiger partial charge in [0.2, 0.25) is 5.91 Å². The third kappa shape index (κ3) is 2.77. The lowest BCUT2D eigenvalue weighted by atomic mass is 9.91. The van der Waals surface area contributed by atoms with Crippen molar-refractivity contribution in [1.82, 2.24) is 5.32 Å². The Morgan fingerprint density at radius 3 is 2.57 bits per heavy atom. The number of hydrogen-bond donors (Lipinski definition) is 1. The highest BCUT2D eigenvalue weighted by Crippen LogP contribution is 2.28. The van der Waals surface area contributed by atoms with E-state index >= 15 is 0 Å². The lowest BCUT2D eigenvalue weighted by Crippen LogP contribution is -2.56. The Hall–Kier alpha value is -1.91. The molecule has 4 nitrogen and oxygen atoms in total. The largest absolute Gasteiger partial charge is 0.342 e. The second-order valence-electron chi connectivity index (χ2n) is 5.47. The number of benzene rings is 1. The van der Waals surface area contributed by atoms with E-state index in [1.165, 1.54) is 12.1 Å². The fourth-order valence-electron chi connectivity index (χ4n) is 2.79. The average molecular weight is 292 g/mol. The second kappa shape index (κ2) is 5.84. The monoisotopic (exact) mass is 292 g/mol. The number of halogens is 1. The van der Waals surface area contributed by atoms with Gasteiger partial charge < -0.3 is 10.2 Å². The van der Waals surface area contributed by atoms with E-state index in [4.69, 9.17) is 0 Å². The number of anilines is 1. The second-order valence-corrected chi connectivity index (χ2v) is 5.47. The smallest absolute Gasteiger partial charge is 0.252 e. The Labute approximate surface area is 124 Å². The van der Waals surface area contributed by atoms with Crippen molar-refractivity contribution in [3.63, 3.8) is 0 Å². The van der Waals surface area contributed by atoms with Gasteiger partial charge in [0.25, 0.3) is 5.91 Å². The highest BCUT2D eigenvalue weighted by atomic mass is 19.1. The van der Waals surface area contributed by atoms with Gasteiger partial charge in [-0.05, 0) is 37.5 Å². The minimum absolute atomic E-state index is 0.136. The predicted molar refractivity (Wildman–Crippen MR) is 79.6 cm³/mol. The molecule has 0 unspecified atom stereocenters. The van der Waals surface area contributed by atoms with Gasteiger partial charge in [-0.3, -0.25) is 9.59 Å². The number of rotatable bonds is 3. The Morgan fingerprint density at radius 2 is 1.95 bits per heavy atom. The van der Waals surface area contributed by atoms with E-state index in [2.05, 4.69) is 5.32 Å². The molecule has 21 heavy (non-hydrogen) atoms. The molecule has 1 N–H and O–H groups in total. The van der Waals surface area contributed by atoms with Gasteiger partial charge >= 0.3 is 0 Å². The summed E-state index contributed by atoms with van der Waals surface area (Å²) in [5.41, 5.74) is 0.467. The highest BCUT2D eigenvalue weighted by molar-refractivity contribution is 6.04. The lowest BCUT2D eigenvalue weighted by molar-refractivity contribution is -0.130. The topological polar surface area (TPSA) is 49.4 Å². The zero-order chi connectivity index (χ0) is 15.6. The summed E-state index contributed by atoms with van der Waals surface area (Å²) in [5, 5.41) is 2.85. The summed E-state index contributed by atoms with van der Waals surface area (Å²) in [4.78, 5) is 26.4. The van der Waals surface area contributed by atoms with Gasteiger partial charge in [0.15, 0.2) is 0 Å². The van der Waals surface area contributed by atoms with E-state index in [1.807, 2.05) is 20.8 Å². The molecule has 2 amide bonds. The van der Waals surface area contributed by atoms with Crippen LogP contribution < -0.4 is 10.2 Å². The predicted octanol–water partition coefficient (Wildman–Crippen LogP) is 2.55. The summed E-state index contributed by atoms with van der Waals surface area (Å²) in [6.45, 7) is 5.87. The van der Waals surface area contributed by atoms with Gasteiger partial charge in [-0.25, -0.2) is 4.39 Å². The van der Waals surface area contributed by atoms with Crippen LogP contribution in [0.15, 0.2) is 18.2 Å². The SMILES string of the molecule is CCC1(CC)NC(=O)CCN(c2cc(F)ccc2C)C1=O. The quantitative estimate of drug-likeness (QED) is 0.930. The minimum Gasteiger partial charge on any atom is -0.342 e. The summed E-state index contributed by atoms with van der Waals surface area (Å²) >= 11 is 0. The van der Waals surface area contributed by atoms with Gasteiger partial charge in [0.05, 0.1) is 0 Å². The molecule has 1 fully saturated rings. The molecule has 1 aromatic rings. The number of nitrogens with one attached hydrogen (secondary N) is 1. The number of aryl methyl sites for hydroxylation is 1. The summed E-state index contributed by atoms with van der Waals surface area (Å²) in [6, 6.07) is 4.38. The van der Waals surface area contributed by atoms with Crippen LogP contribution in [0, 0.1) is 12.7 Å². The summed E-state index contributed by atoms with van der Waals surface area (Å²) in [5.74, 6) is -0.679. The molecule has 0 bridgehead atoms. The summed E-state index contributed by atoms with van der Waals surface area (Å²) in [7, 11) is 0. The molecule has 1 heterocycles. The minimum atomic E-state index is -0.896. The molecule has 114 valence electrons. The van der Waals surface area contributed by atoms with Crippen LogP contribution in [0.2, 0.25) is 0 Å². The molecular weight excluding hydrogens is 271 g/mol. The molecular formula is C16H21FN2O2. The third-order valence-corrected chi connectivity index (χ3v) is 4.26. The fourth-order valence-corrected chi connectivity index (χ4v) is 2.79. The van der Waals surface area contributed by atoms with Crippen LogP contribution in [-0.2, 0) is 9.59 Å². The van der Waals surface area contributed by atoms with Crippen LogP contribution in [0.4, 0.5) is 10.1 Å². The lowest BCUT2D eigenvalue weighted by Gasteiger charge is -2.34. The molecule has 2 rings (SSSR count). The normalized spacial score (nSPS) is 18.4. The molecule has 1 aliphatic heterocycles. The molecule has 1 saturated heterocycles. The maximum absolute atomic E-state index is 13.5. The Morgan fingerprint density at radius 1 is 1.29 bits per heavy atom. The first kappa shape index (κ1) is 15.5. The van der Waals surface area contributed by atoms with Crippen LogP contribution in [0.1, 0.15) is 38.7 Å². The first-order chi connectivity index (χ1) is 9.93. The Bertz CT molecular complexity index is 567. The molecule has 0 saturated carbocycles. The first-order valence-corrected chi connectivity index (χ1v) is 7.32. The Kier molecular flexibility index (Phi) is 4.30. The van der Waals surface area contributed by atoms with Crippen molar-refractivity contribution >= 4 is 17.5 Å². The maximum Gasteiger partial charge on any atom is 0.252 e. The molecule has 0 radical (unpaired) electrons. The number of carbonyl (C=O) groups is 2. The third-order valence-electron chi connectivity index (χ3n) is 4.26. The van der Waals surface area contributed by atoms with E-state index in [0.717, 1.165) is 5.56 Å². The van der Waals surface area contributed by atoms with Crippen LogP contribution in [0.25, 0.3) is 0 Å². The van der Waals surface area contributed by atoms with Gasteiger partial charge in [-0.2, -0.15) is 0 Å². The van der Waals surface area contributed by atoms with Crippen molar-refractivity contribution < 1.29 is 14.0 Å². The van der Waals surface area contributed by atoms with E-state index in [9.17, 15) is 14.0 Å². The molecule has 0 atom stereocenters. The van der Waals surface area contributed by atoms with E-state index < -0.39 is 5.54 Å². The van der Waals surface area contributed by atoms with Crippen LogP contribution >= 0.6 is 0 Å². The zero-order valence-electron chi connectivity index (χ0n) is 12.7. The molecule has 5 heteroatoms. The van der Waals surface area contributed by atoms with Crippen LogP contribution in [-0.4, -0.2) is 23.9 Å². The molecule has 1 aromatic carbocycles. The number of nitrogens with zero attached hydrogens (tertiary/aromatic N) is 1. The van der Waals surface area contributed by atoms with Crippen LogP contribution in [0.5, 0.6) is 0 Å². The van der Waals surface area contributed by atoms with Crippen molar-refractivity contribution in [2.75, 3.05) is 11.4 Å². The summed E-state index contributed by atoms with van der Waals surface area (Å²) < 4.78 is 13.5. The molecule has 0 spiro atoms. The standard InChI is InChI=1S/C16H21FN2O2/c1-4-16(5-2)15(21)19(9-8-14(20)18-16)13-10-12(17)7-6-11(13)3/h6-7,10H,4-5,8-9H2,1-3H3,(H,18,20). The van der Waals surface area contributed by atoms with Crippen molar-refractivity contribution in [1.29, 1.82) is 0 Å². The van der Waals surface area contributed by atoms with Gasteiger partial charge in [0, 0.05) is 18.7 Å². The molecule has 1 aliphatic rings. The van der Waals surface area contributed by atoms with E-state index in [1.54, 1.807) is 11.0 Å². The fraction of sp³-hybridized carbons (Fsp3) is 0.500. The average Bonchev–Trinajstić information content (AvgIpc) is 2.59. The van der Waals surface area contributed by atoms with Gasteiger partial charge in [-0.1, -0.05) is 19.9 Å². The van der Waals surface area contributed by atoms with E-state index in [-0.39, 0.29) is 30.6 Å². The van der Waals surface area contributed by atoms with Crippen molar-refractivity contribution in [2.45, 2.75) is 45.6 Å². The molecule has 0 aromatic heterocycles. The van der Waals surface area contributed by atoms with Crippen molar-refractivity contribution in [3.8, 4) is 0 Å². The van der Waals surface area contributed by atoms with Crippen molar-refractivity contribution in [3.05, 3.63) is 29.6 Å². The number of hydrogen-bond acceptors (Lipinski definition) is 2. The van der Waals surface area contributed by atoms with Crippen LogP contribution in [0.3, 0.4) is 0 Å². The van der Waals surface area contributed by atoms with Gasteiger partial charge in [0.1, 0.15) is 11.4 Å². The molecule has 0 aliphatic carbocycles. The van der Waals surface area contributed by atoms with E-state index in [0.29, 0.717) is 18.5 Å². The first-order valence-electron chi connectivity index (χ1n) is 7.32. The van der Waals surface area contributed by atoms with Gasteiger partial charge in [-0.15, -0.1) is 0 Å². The number of amides is 2. The zero-order valence-corrected chi connectivity index (χ0v) is 12.7. The van der Waals surface area contributed by atoms with Crippen molar-refractivity contribution in [2.24, 2.45) is 0 Å². The Balaban J connectivity index is 2.49. The summed E-state index contributed by atoms with van der Waals surface area (Å²) in [6.07, 6.45) is 1.25. The maximum atomic E-state index is 13.5. The highest BCUT2D eigenvalue weighted by Gasteiger charge is 2.42. The number of carbonyl (C=O) groups excluding carboxylic acids is 2.